The molecule has 0 aliphatic heterocycles. The first-order valence-electron chi connectivity index (χ1n) is 8.29. The Morgan fingerprint density at radius 2 is 1.89 bits per heavy atom. The molecular weight excluding hydrogens is 444 g/mol. The predicted octanol–water partition coefficient (Wildman–Crippen LogP) is 6.07. The van der Waals surface area contributed by atoms with E-state index in [1.807, 2.05) is 61.5 Å². The van der Waals surface area contributed by atoms with Crippen molar-refractivity contribution in [3.63, 3.8) is 0 Å². The van der Waals surface area contributed by atoms with Gasteiger partial charge in [-0.25, -0.2) is 0 Å². The summed E-state index contributed by atoms with van der Waals surface area (Å²) >= 11 is 11.2. The first-order chi connectivity index (χ1) is 12.9. The van der Waals surface area contributed by atoms with Crippen molar-refractivity contribution in [1.29, 1.82) is 0 Å². The van der Waals surface area contributed by atoms with Crippen LogP contribution >= 0.6 is 39.3 Å². The van der Waals surface area contributed by atoms with Crippen LogP contribution in [-0.4, -0.2) is 5.91 Å². The van der Waals surface area contributed by atoms with Crippen molar-refractivity contribution < 1.29 is 4.79 Å². The number of amides is 1. The molecule has 0 saturated carbocycles. The molecule has 138 valence electrons. The summed E-state index contributed by atoms with van der Waals surface area (Å²) in [5.41, 5.74) is 8.85. The number of aryl methyl sites for hydroxylation is 1. The Labute approximate surface area is 176 Å². The van der Waals surface area contributed by atoms with Gasteiger partial charge in [-0.3, -0.25) is 4.79 Å². The minimum Gasteiger partial charge on any atom is -0.397 e. The van der Waals surface area contributed by atoms with Crippen LogP contribution in [0.2, 0.25) is 5.02 Å². The van der Waals surface area contributed by atoms with Gasteiger partial charge in [0.15, 0.2) is 0 Å². The summed E-state index contributed by atoms with van der Waals surface area (Å²) in [6.07, 6.45) is 0. The third-order valence-electron chi connectivity index (χ3n) is 3.95. The number of nitrogens with two attached hydrogens (primary N) is 1. The van der Waals surface area contributed by atoms with Crippen LogP contribution in [0.15, 0.2) is 74.9 Å². The van der Waals surface area contributed by atoms with Gasteiger partial charge >= 0.3 is 0 Å². The summed E-state index contributed by atoms with van der Waals surface area (Å²) in [4.78, 5) is 14.8. The summed E-state index contributed by atoms with van der Waals surface area (Å²) in [5, 5.41) is 3.59. The minimum absolute atomic E-state index is 0.215. The van der Waals surface area contributed by atoms with Crippen molar-refractivity contribution in [3.05, 3.63) is 86.8 Å². The first-order valence-corrected chi connectivity index (χ1v) is 10.3. The Morgan fingerprint density at radius 3 is 2.63 bits per heavy atom. The highest BCUT2D eigenvalue weighted by atomic mass is 79.9. The summed E-state index contributed by atoms with van der Waals surface area (Å²) in [5.74, 6) is -0.215. The van der Waals surface area contributed by atoms with Gasteiger partial charge in [-0.2, -0.15) is 0 Å². The molecule has 0 heterocycles. The monoisotopic (exact) mass is 460 g/mol. The molecule has 3 N–H and O–H groups in total. The van der Waals surface area contributed by atoms with Gasteiger partial charge in [0, 0.05) is 25.8 Å². The molecule has 6 heteroatoms. The Kier molecular flexibility index (Phi) is 6.47. The van der Waals surface area contributed by atoms with Gasteiger partial charge in [0.05, 0.1) is 11.3 Å². The first kappa shape index (κ1) is 19.8. The fourth-order valence-electron chi connectivity index (χ4n) is 2.61. The fourth-order valence-corrected chi connectivity index (χ4v) is 4.33. The van der Waals surface area contributed by atoms with E-state index in [-0.39, 0.29) is 5.91 Å². The second-order valence-electron chi connectivity index (χ2n) is 6.06. The average Bonchev–Trinajstić information content (AvgIpc) is 2.65. The van der Waals surface area contributed by atoms with E-state index in [0.717, 1.165) is 25.4 Å². The van der Waals surface area contributed by atoms with Crippen molar-refractivity contribution in [2.75, 3.05) is 5.73 Å². The van der Waals surface area contributed by atoms with Gasteiger partial charge < -0.3 is 11.1 Å². The lowest BCUT2D eigenvalue weighted by atomic mass is 10.1. The number of anilines is 1. The molecule has 0 aromatic heterocycles. The maximum absolute atomic E-state index is 12.6. The van der Waals surface area contributed by atoms with Crippen molar-refractivity contribution >= 4 is 50.9 Å². The summed E-state index contributed by atoms with van der Waals surface area (Å²) in [6, 6.07) is 19.5. The van der Waals surface area contributed by atoms with E-state index >= 15 is 0 Å². The SMILES string of the molecule is Cc1cc(Br)c(N)c(C(=O)NCc2cc(Cl)ccc2Sc2ccccc2)c1. The molecule has 0 radical (unpaired) electrons. The van der Waals surface area contributed by atoms with Crippen LogP contribution in [0, 0.1) is 6.92 Å². The summed E-state index contributed by atoms with van der Waals surface area (Å²) < 4.78 is 0.718. The second kappa shape index (κ2) is 8.83. The van der Waals surface area contributed by atoms with Gasteiger partial charge in [0.2, 0.25) is 0 Å². The lowest BCUT2D eigenvalue weighted by molar-refractivity contribution is 0.0951. The van der Waals surface area contributed by atoms with Gasteiger partial charge in [0.25, 0.3) is 5.91 Å². The van der Waals surface area contributed by atoms with E-state index in [0.29, 0.717) is 22.8 Å². The normalized spacial score (nSPS) is 10.6. The zero-order valence-electron chi connectivity index (χ0n) is 14.6. The van der Waals surface area contributed by atoms with Crippen LogP contribution < -0.4 is 11.1 Å². The fraction of sp³-hybridized carbons (Fsp3) is 0.0952. The third kappa shape index (κ3) is 5.06. The highest BCUT2D eigenvalue weighted by Gasteiger charge is 2.14. The predicted molar refractivity (Wildman–Crippen MR) is 116 cm³/mol. The maximum atomic E-state index is 12.6. The van der Waals surface area contributed by atoms with Crippen LogP contribution in [0.5, 0.6) is 0 Å². The Bertz CT molecular complexity index is 979. The average molecular weight is 462 g/mol. The van der Waals surface area contributed by atoms with Crippen molar-refractivity contribution in [1.82, 2.24) is 5.32 Å². The Balaban J connectivity index is 1.80. The molecule has 1 amide bonds. The van der Waals surface area contributed by atoms with Crippen molar-refractivity contribution in [3.8, 4) is 0 Å². The Morgan fingerprint density at radius 1 is 1.15 bits per heavy atom. The van der Waals surface area contributed by atoms with E-state index in [2.05, 4.69) is 21.2 Å². The highest BCUT2D eigenvalue weighted by Crippen LogP contribution is 2.32. The topological polar surface area (TPSA) is 55.1 Å². The standard InChI is InChI=1S/C21H18BrClN2OS/c1-13-9-17(20(24)18(22)10-13)21(26)25-12-14-11-15(23)7-8-19(14)27-16-5-3-2-4-6-16/h2-11H,12,24H2,1H3,(H,25,26). The van der Waals surface area contributed by atoms with Gasteiger partial charge in [-0.15, -0.1) is 0 Å². The van der Waals surface area contributed by atoms with E-state index in [9.17, 15) is 4.79 Å². The molecule has 3 aromatic carbocycles. The van der Waals surface area contributed by atoms with Gasteiger partial charge in [0.1, 0.15) is 0 Å². The smallest absolute Gasteiger partial charge is 0.253 e. The van der Waals surface area contributed by atoms with E-state index in [1.165, 1.54) is 0 Å². The number of hydrogen-bond acceptors (Lipinski definition) is 3. The second-order valence-corrected chi connectivity index (χ2v) is 8.46. The number of halogens is 2. The van der Waals surface area contributed by atoms with Gasteiger partial charge in [-0.05, 0) is 76.4 Å². The number of nitrogen functional groups attached to an aromatic ring is 1. The van der Waals surface area contributed by atoms with Crippen LogP contribution in [0.25, 0.3) is 0 Å². The molecule has 0 aliphatic rings. The van der Waals surface area contributed by atoms with E-state index in [1.54, 1.807) is 17.8 Å². The van der Waals surface area contributed by atoms with Gasteiger partial charge in [-0.1, -0.05) is 41.6 Å². The maximum Gasteiger partial charge on any atom is 0.253 e. The third-order valence-corrected chi connectivity index (χ3v) is 5.97. The van der Waals surface area contributed by atoms with Crippen LogP contribution in [0.1, 0.15) is 21.5 Å². The van der Waals surface area contributed by atoms with Crippen molar-refractivity contribution in [2.45, 2.75) is 23.3 Å². The lowest BCUT2D eigenvalue weighted by Gasteiger charge is -2.13. The molecule has 0 saturated heterocycles. The number of carbonyl (C=O) groups excluding carboxylic acids is 1. The molecule has 0 fully saturated rings. The summed E-state index contributed by atoms with van der Waals surface area (Å²) in [7, 11) is 0. The highest BCUT2D eigenvalue weighted by molar-refractivity contribution is 9.10. The van der Waals surface area contributed by atoms with Crippen LogP contribution in [0.4, 0.5) is 5.69 Å². The molecule has 3 rings (SSSR count). The van der Waals surface area contributed by atoms with Crippen molar-refractivity contribution in [2.24, 2.45) is 0 Å². The van der Waals surface area contributed by atoms with E-state index < -0.39 is 0 Å². The Hall–Kier alpha value is -1.95. The lowest BCUT2D eigenvalue weighted by Crippen LogP contribution is -2.24. The minimum atomic E-state index is -0.215. The quantitative estimate of drug-likeness (QED) is 0.453. The molecule has 0 unspecified atom stereocenters. The molecular formula is C21H18BrClN2OS. The van der Waals surface area contributed by atoms with Crippen LogP contribution in [0.3, 0.4) is 0 Å². The number of benzene rings is 3. The number of nitrogens with one attached hydrogen (secondary N) is 1. The zero-order valence-corrected chi connectivity index (χ0v) is 17.8. The van der Waals surface area contributed by atoms with Crippen LogP contribution in [-0.2, 0) is 6.54 Å². The molecule has 3 aromatic rings. The zero-order chi connectivity index (χ0) is 19.4. The number of hydrogen-bond donors (Lipinski definition) is 2. The molecule has 0 bridgehead atoms. The molecule has 3 nitrogen and oxygen atoms in total. The van der Waals surface area contributed by atoms with E-state index in [4.69, 9.17) is 17.3 Å². The molecule has 0 spiro atoms. The molecule has 0 aliphatic carbocycles. The largest absolute Gasteiger partial charge is 0.397 e. The molecule has 0 atom stereocenters. The number of carbonyl (C=O) groups is 1. The number of rotatable bonds is 5. The summed E-state index contributed by atoms with van der Waals surface area (Å²) in [6.45, 7) is 2.28. The molecule has 27 heavy (non-hydrogen) atoms.